The van der Waals surface area contributed by atoms with E-state index in [4.69, 9.17) is 4.74 Å². The summed E-state index contributed by atoms with van der Waals surface area (Å²) in [5.74, 6) is -0.366. The minimum absolute atomic E-state index is 0.150. The molecule has 0 aliphatic carbocycles. The first-order chi connectivity index (χ1) is 10.2. The second kappa shape index (κ2) is 7.98. The Kier molecular flexibility index (Phi) is 5.99. The minimum Gasteiger partial charge on any atom is -0.477 e. The van der Waals surface area contributed by atoms with Gasteiger partial charge in [0, 0.05) is 18.7 Å². The standard InChI is InChI=1S/C16H23FN2O2/c1-2-9-18-11-12-6-5-7-13(17)15(12)21-14-8-3-4-10-19-16(14)20/h5-7,14,18H,2-4,8-11H2,1H3,(H,19,20). The largest absolute Gasteiger partial charge is 0.477 e. The summed E-state index contributed by atoms with van der Waals surface area (Å²) in [6.07, 6.45) is 2.88. The average molecular weight is 294 g/mol. The Balaban J connectivity index is 2.11. The van der Waals surface area contributed by atoms with Crippen LogP contribution in [-0.4, -0.2) is 25.1 Å². The molecule has 1 aromatic carbocycles. The van der Waals surface area contributed by atoms with Crippen LogP contribution < -0.4 is 15.4 Å². The number of carbonyl (C=O) groups excluding carboxylic acids is 1. The van der Waals surface area contributed by atoms with E-state index in [1.807, 2.05) is 6.07 Å². The first-order valence-corrected chi connectivity index (χ1v) is 7.65. The van der Waals surface area contributed by atoms with Gasteiger partial charge < -0.3 is 15.4 Å². The fourth-order valence-corrected chi connectivity index (χ4v) is 2.39. The van der Waals surface area contributed by atoms with Crippen molar-refractivity contribution in [3.8, 4) is 5.75 Å². The van der Waals surface area contributed by atoms with E-state index in [1.165, 1.54) is 6.07 Å². The predicted octanol–water partition coefficient (Wildman–Crippen LogP) is 2.37. The molecule has 116 valence electrons. The molecular weight excluding hydrogens is 271 g/mol. The van der Waals surface area contributed by atoms with Crippen molar-refractivity contribution in [2.75, 3.05) is 13.1 Å². The first kappa shape index (κ1) is 15.8. The molecule has 1 fully saturated rings. The summed E-state index contributed by atoms with van der Waals surface area (Å²) in [5.41, 5.74) is 0.750. The zero-order valence-electron chi connectivity index (χ0n) is 12.5. The van der Waals surface area contributed by atoms with Crippen molar-refractivity contribution in [2.45, 2.75) is 45.3 Å². The molecule has 1 atom stereocenters. The molecule has 1 amide bonds. The molecule has 1 aliphatic rings. The lowest BCUT2D eigenvalue weighted by Crippen LogP contribution is -2.37. The van der Waals surface area contributed by atoms with E-state index < -0.39 is 11.9 Å². The topological polar surface area (TPSA) is 50.4 Å². The quantitative estimate of drug-likeness (QED) is 0.792. The zero-order chi connectivity index (χ0) is 15.1. The van der Waals surface area contributed by atoms with E-state index in [2.05, 4.69) is 17.6 Å². The first-order valence-electron chi connectivity index (χ1n) is 7.65. The molecule has 4 nitrogen and oxygen atoms in total. The van der Waals surface area contributed by atoms with Crippen LogP contribution in [0.15, 0.2) is 18.2 Å². The number of nitrogens with one attached hydrogen (secondary N) is 2. The van der Waals surface area contributed by atoms with Crippen LogP contribution in [0.4, 0.5) is 4.39 Å². The summed E-state index contributed by atoms with van der Waals surface area (Å²) < 4.78 is 19.8. The Morgan fingerprint density at radius 3 is 3.10 bits per heavy atom. The van der Waals surface area contributed by atoms with Gasteiger partial charge in [-0.15, -0.1) is 0 Å². The van der Waals surface area contributed by atoms with Gasteiger partial charge in [0.1, 0.15) is 0 Å². The van der Waals surface area contributed by atoms with Gasteiger partial charge in [-0.2, -0.15) is 0 Å². The summed E-state index contributed by atoms with van der Waals surface area (Å²) in [7, 11) is 0. The van der Waals surface area contributed by atoms with Crippen LogP contribution in [0.1, 0.15) is 38.2 Å². The van der Waals surface area contributed by atoms with Crippen molar-refractivity contribution >= 4 is 5.91 Å². The van der Waals surface area contributed by atoms with Crippen LogP contribution in [0.3, 0.4) is 0 Å². The number of hydrogen-bond acceptors (Lipinski definition) is 3. The molecule has 0 radical (unpaired) electrons. The van der Waals surface area contributed by atoms with Crippen molar-refractivity contribution in [3.05, 3.63) is 29.6 Å². The van der Waals surface area contributed by atoms with Gasteiger partial charge in [-0.25, -0.2) is 4.39 Å². The third-order valence-electron chi connectivity index (χ3n) is 3.54. The van der Waals surface area contributed by atoms with Gasteiger partial charge in [0.05, 0.1) is 0 Å². The summed E-state index contributed by atoms with van der Waals surface area (Å²) in [6, 6.07) is 4.86. The van der Waals surface area contributed by atoms with Crippen molar-refractivity contribution < 1.29 is 13.9 Å². The van der Waals surface area contributed by atoms with E-state index in [0.29, 0.717) is 19.5 Å². The number of benzene rings is 1. The molecule has 0 spiro atoms. The monoisotopic (exact) mass is 294 g/mol. The Bertz CT molecular complexity index is 479. The van der Waals surface area contributed by atoms with Gasteiger partial charge in [0.25, 0.3) is 5.91 Å². The Hall–Kier alpha value is -1.62. The van der Waals surface area contributed by atoms with Gasteiger partial charge in [0.15, 0.2) is 17.7 Å². The van der Waals surface area contributed by atoms with Crippen LogP contribution in [0.5, 0.6) is 5.75 Å². The van der Waals surface area contributed by atoms with E-state index >= 15 is 0 Å². The Morgan fingerprint density at radius 1 is 1.43 bits per heavy atom. The molecule has 2 N–H and O–H groups in total. The van der Waals surface area contributed by atoms with Crippen molar-refractivity contribution in [2.24, 2.45) is 0 Å². The molecular formula is C16H23FN2O2. The highest BCUT2D eigenvalue weighted by atomic mass is 19.1. The molecule has 0 bridgehead atoms. The smallest absolute Gasteiger partial charge is 0.261 e. The maximum Gasteiger partial charge on any atom is 0.261 e. The lowest BCUT2D eigenvalue weighted by Gasteiger charge is -2.19. The highest BCUT2D eigenvalue weighted by molar-refractivity contribution is 5.81. The van der Waals surface area contributed by atoms with Gasteiger partial charge >= 0.3 is 0 Å². The summed E-state index contributed by atoms with van der Waals surface area (Å²) in [5, 5.41) is 6.04. The van der Waals surface area contributed by atoms with Crippen molar-refractivity contribution in [1.29, 1.82) is 0 Å². The van der Waals surface area contributed by atoms with Gasteiger partial charge in [-0.1, -0.05) is 19.1 Å². The summed E-state index contributed by atoms with van der Waals surface area (Å²) in [6.45, 7) is 4.14. The lowest BCUT2D eigenvalue weighted by molar-refractivity contribution is -0.127. The van der Waals surface area contributed by atoms with E-state index in [0.717, 1.165) is 31.4 Å². The lowest BCUT2D eigenvalue weighted by atomic mass is 10.1. The Labute approximate surface area is 125 Å². The molecule has 2 rings (SSSR count). The number of rotatable bonds is 6. The maximum atomic E-state index is 14.1. The normalized spacial score (nSPS) is 19.0. The summed E-state index contributed by atoms with van der Waals surface area (Å²) in [4.78, 5) is 11.9. The number of carbonyl (C=O) groups is 1. The van der Waals surface area contributed by atoms with Crippen LogP contribution >= 0.6 is 0 Å². The molecule has 0 aromatic heterocycles. The fraction of sp³-hybridized carbons (Fsp3) is 0.562. The average Bonchev–Trinajstić information content (AvgIpc) is 2.67. The van der Waals surface area contributed by atoms with Crippen molar-refractivity contribution in [1.82, 2.24) is 10.6 Å². The van der Waals surface area contributed by atoms with Crippen molar-refractivity contribution in [3.63, 3.8) is 0 Å². The van der Waals surface area contributed by atoms with E-state index in [-0.39, 0.29) is 11.7 Å². The number of amides is 1. The van der Waals surface area contributed by atoms with Gasteiger partial charge in [-0.3, -0.25) is 4.79 Å². The number of para-hydroxylation sites is 1. The third kappa shape index (κ3) is 4.43. The van der Waals surface area contributed by atoms with Crippen LogP contribution in [0, 0.1) is 5.82 Å². The van der Waals surface area contributed by atoms with Crippen LogP contribution in [-0.2, 0) is 11.3 Å². The summed E-state index contributed by atoms with van der Waals surface area (Å²) >= 11 is 0. The van der Waals surface area contributed by atoms with Gasteiger partial charge in [0.2, 0.25) is 0 Å². The highest BCUT2D eigenvalue weighted by Crippen LogP contribution is 2.25. The van der Waals surface area contributed by atoms with Gasteiger partial charge in [-0.05, 0) is 38.3 Å². The number of ether oxygens (including phenoxy) is 1. The second-order valence-corrected chi connectivity index (χ2v) is 5.30. The molecule has 1 unspecified atom stereocenters. The zero-order valence-corrected chi connectivity index (χ0v) is 12.5. The molecule has 1 aromatic rings. The molecule has 1 saturated heterocycles. The Morgan fingerprint density at radius 2 is 2.29 bits per heavy atom. The van der Waals surface area contributed by atoms with E-state index in [9.17, 15) is 9.18 Å². The number of hydrogen-bond donors (Lipinski definition) is 2. The SMILES string of the molecule is CCCNCc1cccc(F)c1OC1CCCCNC1=O. The van der Waals surface area contributed by atoms with Crippen LogP contribution in [0.25, 0.3) is 0 Å². The molecule has 5 heteroatoms. The molecule has 0 saturated carbocycles. The maximum absolute atomic E-state index is 14.1. The molecule has 1 aliphatic heterocycles. The predicted molar refractivity (Wildman–Crippen MR) is 79.7 cm³/mol. The number of halogens is 1. The molecule has 1 heterocycles. The van der Waals surface area contributed by atoms with E-state index in [1.54, 1.807) is 6.07 Å². The third-order valence-corrected chi connectivity index (χ3v) is 3.54. The molecule has 21 heavy (non-hydrogen) atoms. The van der Waals surface area contributed by atoms with Crippen LogP contribution in [0.2, 0.25) is 0 Å². The minimum atomic E-state index is -0.602. The fourth-order valence-electron chi connectivity index (χ4n) is 2.39. The second-order valence-electron chi connectivity index (χ2n) is 5.30. The highest BCUT2D eigenvalue weighted by Gasteiger charge is 2.24.